The normalized spacial score (nSPS) is 11.2. The van der Waals surface area contributed by atoms with Gasteiger partial charge in [0.05, 0.1) is 0 Å². The van der Waals surface area contributed by atoms with E-state index in [0.29, 0.717) is 29.6 Å². The molecule has 0 atom stereocenters. The summed E-state index contributed by atoms with van der Waals surface area (Å²) in [7, 11) is 3.03. The molecule has 0 unspecified atom stereocenters. The van der Waals surface area contributed by atoms with Crippen LogP contribution in [0.2, 0.25) is 0 Å². The molecule has 154 valence electrons. The van der Waals surface area contributed by atoms with Crippen molar-refractivity contribution in [1.29, 1.82) is 0 Å². The van der Waals surface area contributed by atoms with E-state index in [-0.39, 0.29) is 23.7 Å². The number of halogens is 1. The summed E-state index contributed by atoms with van der Waals surface area (Å²) in [6.45, 7) is 2.77. The molecule has 0 aliphatic rings. The first-order chi connectivity index (χ1) is 13.8. The Morgan fingerprint density at radius 3 is 2.52 bits per heavy atom. The maximum absolute atomic E-state index is 12.9. The molecule has 3 rings (SSSR count). The topological polar surface area (TPSA) is 90.9 Å². The highest BCUT2D eigenvalue weighted by Crippen LogP contribution is 2.22. The fourth-order valence-corrected chi connectivity index (χ4v) is 3.99. The standard InChI is InChI=1S/C19H22FN5O3S/c1-4-25-16-15(17(27)24(3)19(28)23(16)2)22-18(25)29-10-9-14(26)21-11-12-5-7-13(20)8-6-12/h5-8H,4,9-11H2,1-3H3,(H,21,26). The number of imidazole rings is 1. The molecule has 1 N–H and O–H groups in total. The van der Waals surface area contributed by atoms with Crippen LogP contribution >= 0.6 is 11.8 Å². The number of nitrogens with zero attached hydrogens (tertiary/aromatic N) is 4. The molecule has 0 radical (unpaired) electrons. The summed E-state index contributed by atoms with van der Waals surface area (Å²) in [6, 6.07) is 5.95. The van der Waals surface area contributed by atoms with Gasteiger partial charge in [-0.15, -0.1) is 0 Å². The van der Waals surface area contributed by atoms with E-state index in [1.807, 2.05) is 6.92 Å². The lowest BCUT2D eigenvalue weighted by Crippen LogP contribution is -2.37. The minimum Gasteiger partial charge on any atom is -0.352 e. The largest absolute Gasteiger partial charge is 0.352 e. The van der Waals surface area contributed by atoms with Gasteiger partial charge < -0.3 is 9.88 Å². The van der Waals surface area contributed by atoms with Gasteiger partial charge >= 0.3 is 5.69 Å². The molecule has 1 amide bonds. The lowest BCUT2D eigenvalue weighted by molar-refractivity contribution is -0.120. The second-order valence-electron chi connectivity index (χ2n) is 6.52. The summed E-state index contributed by atoms with van der Waals surface area (Å²) in [5, 5.41) is 3.38. The average Bonchev–Trinajstić information content (AvgIpc) is 3.09. The molecule has 29 heavy (non-hydrogen) atoms. The van der Waals surface area contributed by atoms with Crippen molar-refractivity contribution in [1.82, 2.24) is 24.0 Å². The Hall–Kier alpha value is -2.88. The first-order valence-electron chi connectivity index (χ1n) is 9.13. The Balaban J connectivity index is 1.67. The van der Waals surface area contributed by atoms with E-state index in [2.05, 4.69) is 10.3 Å². The number of nitrogens with one attached hydrogen (secondary N) is 1. The van der Waals surface area contributed by atoms with Crippen molar-refractivity contribution < 1.29 is 9.18 Å². The molecule has 0 spiro atoms. The van der Waals surface area contributed by atoms with Gasteiger partial charge in [-0.1, -0.05) is 23.9 Å². The van der Waals surface area contributed by atoms with E-state index in [0.717, 1.165) is 10.1 Å². The number of carbonyl (C=O) groups is 1. The summed E-state index contributed by atoms with van der Waals surface area (Å²) in [5.74, 6) is 0.0132. The highest BCUT2D eigenvalue weighted by atomic mass is 32.2. The van der Waals surface area contributed by atoms with Gasteiger partial charge in [-0.25, -0.2) is 14.2 Å². The van der Waals surface area contributed by atoms with Crippen molar-refractivity contribution in [3.63, 3.8) is 0 Å². The molecule has 0 aliphatic heterocycles. The van der Waals surface area contributed by atoms with Crippen molar-refractivity contribution in [2.24, 2.45) is 14.1 Å². The minimum atomic E-state index is -0.436. The monoisotopic (exact) mass is 419 g/mol. The molecule has 8 nitrogen and oxygen atoms in total. The molecule has 0 saturated carbocycles. The van der Waals surface area contributed by atoms with Gasteiger partial charge in [0.2, 0.25) is 5.91 Å². The zero-order valence-electron chi connectivity index (χ0n) is 16.4. The molecule has 2 heterocycles. The number of thioether (sulfide) groups is 1. The molecule has 2 aromatic heterocycles. The Kier molecular flexibility index (Phi) is 6.21. The van der Waals surface area contributed by atoms with Crippen LogP contribution in [0.4, 0.5) is 4.39 Å². The molecular weight excluding hydrogens is 397 g/mol. The number of amides is 1. The molecular formula is C19H22FN5O3S. The molecule has 10 heteroatoms. The summed E-state index contributed by atoms with van der Waals surface area (Å²) >= 11 is 1.36. The molecule has 0 fully saturated rings. The van der Waals surface area contributed by atoms with E-state index in [9.17, 15) is 18.8 Å². The van der Waals surface area contributed by atoms with Gasteiger partial charge in [0, 0.05) is 39.4 Å². The summed E-state index contributed by atoms with van der Waals surface area (Å²) in [6.07, 6.45) is 0.260. The van der Waals surface area contributed by atoms with E-state index in [1.54, 1.807) is 23.7 Å². The number of carbonyl (C=O) groups excluding carboxylic acids is 1. The fourth-order valence-electron chi connectivity index (χ4n) is 2.99. The van der Waals surface area contributed by atoms with Crippen molar-refractivity contribution in [2.75, 3.05) is 5.75 Å². The smallest absolute Gasteiger partial charge is 0.332 e. The molecule has 0 aliphatic carbocycles. The zero-order valence-corrected chi connectivity index (χ0v) is 17.3. The van der Waals surface area contributed by atoms with Gasteiger partial charge in [-0.3, -0.25) is 18.7 Å². The average molecular weight is 419 g/mol. The van der Waals surface area contributed by atoms with E-state index in [4.69, 9.17) is 0 Å². The van der Waals surface area contributed by atoms with Crippen LogP contribution in [-0.2, 0) is 32.0 Å². The molecule has 0 bridgehead atoms. The van der Waals surface area contributed by atoms with Gasteiger partial charge in [0.1, 0.15) is 5.82 Å². The number of aryl methyl sites for hydroxylation is 2. The Labute approximate surface area is 170 Å². The summed E-state index contributed by atoms with van der Waals surface area (Å²) in [4.78, 5) is 41.1. The van der Waals surface area contributed by atoms with E-state index in [1.165, 1.54) is 35.5 Å². The number of fused-ring (bicyclic) bond motifs is 1. The predicted octanol–water partition coefficient (Wildman–Crippen LogP) is 1.39. The van der Waals surface area contributed by atoms with Crippen LogP contribution in [0.3, 0.4) is 0 Å². The molecule has 1 aromatic carbocycles. The predicted molar refractivity (Wildman–Crippen MR) is 109 cm³/mol. The number of aromatic nitrogens is 4. The van der Waals surface area contributed by atoms with Crippen LogP contribution in [0, 0.1) is 5.82 Å². The fraction of sp³-hybridized carbons (Fsp3) is 0.368. The summed E-state index contributed by atoms with van der Waals surface area (Å²) < 4.78 is 17.2. The Morgan fingerprint density at radius 1 is 1.17 bits per heavy atom. The van der Waals surface area contributed by atoms with Gasteiger partial charge in [0.15, 0.2) is 16.3 Å². The highest BCUT2D eigenvalue weighted by molar-refractivity contribution is 7.99. The van der Waals surface area contributed by atoms with Crippen molar-refractivity contribution in [3.8, 4) is 0 Å². The van der Waals surface area contributed by atoms with Crippen LogP contribution in [-0.4, -0.2) is 30.3 Å². The number of rotatable bonds is 7. The van der Waals surface area contributed by atoms with Crippen LogP contribution < -0.4 is 16.6 Å². The van der Waals surface area contributed by atoms with Crippen LogP contribution in [0.1, 0.15) is 18.9 Å². The third-order valence-corrected chi connectivity index (χ3v) is 5.56. The zero-order chi connectivity index (χ0) is 21.1. The lowest BCUT2D eigenvalue weighted by atomic mass is 10.2. The van der Waals surface area contributed by atoms with Crippen molar-refractivity contribution >= 4 is 28.8 Å². The van der Waals surface area contributed by atoms with Gasteiger partial charge in [-0.05, 0) is 24.6 Å². The highest BCUT2D eigenvalue weighted by Gasteiger charge is 2.18. The summed E-state index contributed by atoms with van der Waals surface area (Å²) in [5.41, 5.74) is 0.684. The Bertz CT molecular complexity index is 1160. The number of benzene rings is 1. The second-order valence-corrected chi connectivity index (χ2v) is 7.58. The van der Waals surface area contributed by atoms with Crippen molar-refractivity contribution in [2.45, 2.75) is 31.6 Å². The van der Waals surface area contributed by atoms with Gasteiger partial charge in [0.25, 0.3) is 5.56 Å². The van der Waals surface area contributed by atoms with Crippen LogP contribution in [0.25, 0.3) is 11.2 Å². The van der Waals surface area contributed by atoms with Crippen LogP contribution in [0.15, 0.2) is 39.0 Å². The quantitative estimate of drug-likeness (QED) is 0.585. The maximum Gasteiger partial charge on any atom is 0.332 e. The molecule has 0 saturated heterocycles. The van der Waals surface area contributed by atoms with Crippen LogP contribution in [0.5, 0.6) is 0 Å². The molecule has 3 aromatic rings. The third-order valence-electron chi connectivity index (χ3n) is 4.58. The van der Waals surface area contributed by atoms with Crippen molar-refractivity contribution in [3.05, 3.63) is 56.5 Å². The van der Waals surface area contributed by atoms with E-state index < -0.39 is 11.2 Å². The third kappa shape index (κ3) is 4.26. The lowest BCUT2D eigenvalue weighted by Gasteiger charge is -2.09. The van der Waals surface area contributed by atoms with E-state index >= 15 is 0 Å². The first-order valence-corrected chi connectivity index (χ1v) is 10.1. The first kappa shape index (κ1) is 20.8. The minimum absolute atomic E-state index is 0.135. The SMILES string of the molecule is CCn1c(SCCC(=O)NCc2ccc(F)cc2)nc2c(=O)n(C)c(=O)n(C)c21. The second kappa shape index (κ2) is 8.64. The Morgan fingerprint density at radius 2 is 1.86 bits per heavy atom. The maximum atomic E-state index is 12.9. The number of hydrogen-bond donors (Lipinski definition) is 1. The van der Waals surface area contributed by atoms with Gasteiger partial charge in [-0.2, -0.15) is 0 Å². The number of hydrogen-bond acceptors (Lipinski definition) is 5.